The number of aryl methyl sites for hydroxylation is 1. The largest absolute Gasteiger partial charge is 0.497 e. The zero-order valence-electron chi connectivity index (χ0n) is 17.3. The predicted molar refractivity (Wildman–Crippen MR) is 121 cm³/mol. The van der Waals surface area contributed by atoms with Crippen LogP contribution >= 0.6 is 0 Å². The van der Waals surface area contributed by atoms with Gasteiger partial charge in [-0.05, 0) is 48.9 Å². The monoisotopic (exact) mass is 410 g/mol. The van der Waals surface area contributed by atoms with Gasteiger partial charge in [-0.3, -0.25) is 10.2 Å². The summed E-state index contributed by atoms with van der Waals surface area (Å²) in [7, 11) is 1.64. The average molecular weight is 410 g/mol. The van der Waals surface area contributed by atoms with E-state index in [-0.39, 0.29) is 12.1 Å². The second kappa shape index (κ2) is 7.65. The number of para-hydroxylation sites is 2. The fourth-order valence-electron chi connectivity index (χ4n) is 4.11. The van der Waals surface area contributed by atoms with Crippen molar-refractivity contribution in [3.63, 3.8) is 0 Å². The standard InChI is InChI=1S/C25H22N4O2/c1-17-22-23(18-13-15-21(31-2)16-14-18)28(19-9-5-3-6-10-19)25(30)26-24(22)29(27-17)20-11-7-4-8-12-20/h3-16,23H,1-2H3,(H,26,30)/t23-/m1/s1. The molecule has 1 aliphatic rings. The van der Waals surface area contributed by atoms with E-state index in [0.29, 0.717) is 5.82 Å². The highest BCUT2D eigenvalue weighted by molar-refractivity contribution is 6.05. The van der Waals surface area contributed by atoms with Crippen LogP contribution in [0.2, 0.25) is 0 Å². The third kappa shape index (κ3) is 3.22. The Hall–Kier alpha value is -4.06. The highest BCUT2D eigenvalue weighted by Crippen LogP contribution is 2.43. The number of aromatic nitrogens is 2. The number of nitrogens with one attached hydrogen (secondary N) is 1. The number of rotatable bonds is 4. The zero-order chi connectivity index (χ0) is 21.4. The van der Waals surface area contributed by atoms with Gasteiger partial charge in [0.05, 0.1) is 24.5 Å². The predicted octanol–water partition coefficient (Wildman–Crippen LogP) is 5.33. The summed E-state index contributed by atoms with van der Waals surface area (Å²) in [6.45, 7) is 1.98. The normalized spacial score (nSPS) is 15.4. The van der Waals surface area contributed by atoms with E-state index in [9.17, 15) is 4.79 Å². The Morgan fingerprint density at radius 3 is 2.10 bits per heavy atom. The number of nitrogens with zero attached hydrogens (tertiary/aromatic N) is 3. The minimum atomic E-state index is -0.325. The summed E-state index contributed by atoms with van der Waals surface area (Å²) in [4.78, 5) is 15.2. The summed E-state index contributed by atoms with van der Waals surface area (Å²) in [5.74, 6) is 1.47. The SMILES string of the molecule is COc1ccc([C@@H]2c3c(C)nn(-c4ccccc4)c3NC(=O)N2c2ccccc2)cc1. The van der Waals surface area contributed by atoms with Gasteiger partial charge in [0, 0.05) is 11.3 Å². The molecule has 1 atom stereocenters. The molecule has 0 spiro atoms. The number of anilines is 2. The quantitative estimate of drug-likeness (QED) is 0.495. The number of ether oxygens (including phenoxy) is 1. The maximum absolute atomic E-state index is 13.4. The first-order chi connectivity index (χ1) is 15.2. The van der Waals surface area contributed by atoms with Gasteiger partial charge in [-0.2, -0.15) is 5.10 Å². The van der Waals surface area contributed by atoms with E-state index >= 15 is 0 Å². The molecular weight excluding hydrogens is 388 g/mol. The van der Waals surface area contributed by atoms with Gasteiger partial charge in [0.25, 0.3) is 0 Å². The van der Waals surface area contributed by atoms with Crippen molar-refractivity contribution in [2.24, 2.45) is 0 Å². The van der Waals surface area contributed by atoms with Gasteiger partial charge in [-0.15, -0.1) is 0 Å². The minimum Gasteiger partial charge on any atom is -0.497 e. The molecule has 0 saturated heterocycles. The molecule has 154 valence electrons. The zero-order valence-corrected chi connectivity index (χ0v) is 17.3. The molecule has 31 heavy (non-hydrogen) atoms. The molecule has 3 aromatic carbocycles. The van der Waals surface area contributed by atoms with Crippen LogP contribution in [-0.2, 0) is 0 Å². The van der Waals surface area contributed by atoms with E-state index < -0.39 is 0 Å². The molecule has 1 N–H and O–H groups in total. The number of carbonyl (C=O) groups excluding carboxylic acids is 1. The number of hydrogen-bond donors (Lipinski definition) is 1. The lowest BCUT2D eigenvalue weighted by atomic mass is 9.94. The van der Waals surface area contributed by atoms with Gasteiger partial charge < -0.3 is 4.74 Å². The lowest BCUT2D eigenvalue weighted by Crippen LogP contribution is -2.43. The molecule has 4 aromatic rings. The maximum atomic E-state index is 13.4. The second-order valence-corrected chi connectivity index (χ2v) is 7.41. The molecular formula is C25H22N4O2. The molecule has 0 saturated carbocycles. The molecule has 6 heteroatoms. The number of carbonyl (C=O) groups is 1. The van der Waals surface area contributed by atoms with Crippen molar-refractivity contribution in [1.82, 2.24) is 9.78 Å². The summed E-state index contributed by atoms with van der Waals surface area (Å²) >= 11 is 0. The van der Waals surface area contributed by atoms with Crippen LogP contribution in [0.15, 0.2) is 84.9 Å². The van der Waals surface area contributed by atoms with Crippen LogP contribution in [-0.4, -0.2) is 22.9 Å². The molecule has 0 fully saturated rings. The Morgan fingerprint density at radius 1 is 0.871 bits per heavy atom. The van der Waals surface area contributed by atoms with Crippen LogP contribution in [0.25, 0.3) is 5.69 Å². The summed E-state index contributed by atoms with van der Waals surface area (Å²) in [5, 5.41) is 7.87. The van der Waals surface area contributed by atoms with Crippen LogP contribution in [0, 0.1) is 6.92 Å². The lowest BCUT2D eigenvalue weighted by molar-refractivity contribution is 0.254. The van der Waals surface area contributed by atoms with Gasteiger partial charge in [0.1, 0.15) is 11.6 Å². The highest BCUT2D eigenvalue weighted by atomic mass is 16.5. The maximum Gasteiger partial charge on any atom is 0.328 e. The number of fused-ring (bicyclic) bond motifs is 1. The van der Waals surface area contributed by atoms with Crippen LogP contribution in [0.1, 0.15) is 22.9 Å². The Labute approximate surface area is 180 Å². The molecule has 0 unspecified atom stereocenters. The molecule has 1 aromatic heterocycles. The topological polar surface area (TPSA) is 59.4 Å². The Morgan fingerprint density at radius 2 is 1.48 bits per heavy atom. The van der Waals surface area contributed by atoms with E-state index in [0.717, 1.165) is 33.9 Å². The van der Waals surface area contributed by atoms with Crippen molar-refractivity contribution < 1.29 is 9.53 Å². The number of methoxy groups -OCH3 is 1. The minimum absolute atomic E-state index is 0.198. The van der Waals surface area contributed by atoms with E-state index in [4.69, 9.17) is 9.84 Å². The van der Waals surface area contributed by atoms with Crippen molar-refractivity contribution in [1.29, 1.82) is 0 Å². The van der Waals surface area contributed by atoms with Gasteiger partial charge in [0.2, 0.25) is 0 Å². The van der Waals surface area contributed by atoms with Crippen molar-refractivity contribution in [3.05, 3.63) is 102 Å². The third-order valence-corrected chi connectivity index (χ3v) is 5.55. The van der Waals surface area contributed by atoms with Gasteiger partial charge in [-0.1, -0.05) is 48.5 Å². The summed E-state index contributed by atoms with van der Waals surface area (Å²) in [5.41, 5.74) is 4.53. The molecule has 6 nitrogen and oxygen atoms in total. The third-order valence-electron chi connectivity index (χ3n) is 5.55. The highest BCUT2D eigenvalue weighted by Gasteiger charge is 2.39. The first-order valence-corrected chi connectivity index (χ1v) is 10.1. The van der Waals surface area contributed by atoms with E-state index in [1.165, 1.54) is 0 Å². The van der Waals surface area contributed by atoms with Crippen molar-refractivity contribution in [3.8, 4) is 11.4 Å². The van der Waals surface area contributed by atoms with Crippen LogP contribution < -0.4 is 15.0 Å². The summed E-state index contributed by atoms with van der Waals surface area (Å²) in [6, 6.07) is 26.8. The summed E-state index contributed by atoms with van der Waals surface area (Å²) < 4.78 is 7.14. The molecule has 2 amide bonds. The van der Waals surface area contributed by atoms with E-state index in [1.807, 2.05) is 91.9 Å². The van der Waals surface area contributed by atoms with Crippen LogP contribution in [0.5, 0.6) is 5.75 Å². The molecule has 1 aliphatic heterocycles. The Bertz CT molecular complexity index is 1220. The second-order valence-electron chi connectivity index (χ2n) is 7.41. The fraction of sp³-hybridized carbons (Fsp3) is 0.120. The van der Waals surface area contributed by atoms with Crippen molar-refractivity contribution in [2.75, 3.05) is 17.3 Å². The van der Waals surface area contributed by atoms with Gasteiger partial charge >= 0.3 is 6.03 Å². The van der Waals surface area contributed by atoms with E-state index in [2.05, 4.69) is 5.32 Å². The lowest BCUT2D eigenvalue weighted by Gasteiger charge is -2.36. The Balaban J connectivity index is 1.73. The fourth-order valence-corrected chi connectivity index (χ4v) is 4.11. The number of hydrogen-bond acceptors (Lipinski definition) is 3. The number of urea groups is 1. The number of amides is 2. The van der Waals surface area contributed by atoms with E-state index in [1.54, 1.807) is 16.7 Å². The molecule has 0 radical (unpaired) electrons. The average Bonchev–Trinajstić information content (AvgIpc) is 3.15. The molecule has 2 heterocycles. The molecule has 5 rings (SSSR count). The van der Waals surface area contributed by atoms with Gasteiger partial charge in [0.15, 0.2) is 0 Å². The Kier molecular flexibility index (Phi) is 4.67. The first-order valence-electron chi connectivity index (χ1n) is 10.1. The molecule has 0 aliphatic carbocycles. The van der Waals surface area contributed by atoms with Crippen LogP contribution in [0.3, 0.4) is 0 Å². The summed E-state index contributed by atoms with van der Waals surface area (Å²) in [6.07, 6.45) is 0. The van der Waals surface area contributed by atoms with Crippen LogP contribution in [0.4, 0.5) is 16.3 Å². The molecule has 0 bridgehead atoms. The van der Waals surface area contributed by atoms with Crippen molar-refractivity contribution >= 4 is 17.5 Å². The van der Waals surface area contributed by atoms with Gasteiger partial charge in [-0.25, -0.2) is 9.48 Å². The first kappa shape index (κ1) is 18.9. The van der Waals surface area contributed by atoms with Crippen molar-refractivity contribution in [2.45, 2.75) is 13.0 Å². The smallest absolute Gasteiger partial charge is 0.328 e. The number of benzene rings is 3.